The fraction of sp³-hybridized carbons (Fsp3) is 0.688. The summed E-state index contributed by atoms with van der Waals surface area (Å²) in [7, 11) is -3.87. The second kappa shape index (κ2) is 6.75. The Hall–Kier alpha value is -1.78. The summed E-state index contributed by atoms with van der Waals surface area (Å²) in [6, 6.07) is -0.677. The molecule has 26 heavy (non-hydrogen) atoms. The predicted molar refractivity (Wildman–Crippen MR) is 92.8 cm³/mol. The Morgan fingerprint density at radius 1 is 1.31 bits per heavy atom. The first-order valence-electron chi connectivity index (χ1n) is 8.65. The molecular weight excluding hydrogens is 358 g/mol. The van der Waals surface area contributed by atoms with Gasteiger partial charge in [0, 0.05) is 19.5 Å². The molecule has 0 radical (unpaired) electrons. The quantitative estimate of drug-likeness (QED) is 0.828. The van der Waals surface area contributed by atoms with Crippen LogP contribution in [0, 0.1) is 26.7 Å². The molecule has 2 aromatic rings. The van der Waals surface area contributed by atoms with Crippen molar-refractivity contribution < 1.29 is 18.0 Å². The molecule has 0 amide bonds. The average molecular weight is 383 g/mol. The number of aliphatic hydroxyl groups excluding tert-OH is 1. The van der Waals surface area contributed by atoms with Crippen molar-refractivity contribution in [1.29, 1.82) is 0 Å². The van der Waals surface area contributed by atoms with E-state index >= 15 is 0 Å². The van der Waals surface area contributed by atoms with Gasteiger partial charge in [-0.15, -0.1) is 0 Å². The number of rotatable bonds is 5. The van der Waals surface area contributed by atoms with Crippen LogP contribution in [0.4, 0.5) is 0 Å². The van der Waals surface area contributed by atoms with Gasteiger partial charge in [-0.2, -0.15) is 14.4 Å². The molecule has 1 aliphatic heterocycles. The Balaban J connectivity index is 2.03. The van der Waals surface area contributed by atoms with Crippen LogP contribution in [0.2, 0.25) is 0 Å². The molecule has 2 atom stereocenters. The number of aliphatic hydroxyl groups is 1. The topological polar surface area (TPSA) is 114 Å². The molecule has 144 valence electrons. The largest absolute Gasteiger partial charge is 0.392 e. The minimum atomic E-state index is -3.87. The molecule has 0 spiro atoms. The fourth-order valence-electron chi connectivity index (χ4n) is 3.42. The Bertz CT molecular complexity index is 902. The average Bonchev–Trinajstić information content (AvgIpc) is 3.18. The Kier molecular flexibility index (Phi) is 4.93. The lowest BCUT2D eigenvalue weighted by atomic mass is 10.2. The molecule has 0 aliphatic carbocycles. The zero-order valence-electron chi connectivity index (χ0n) is 15.7. The highest BCUT2D eigenvalue weighted by atomic mass is 32.2. The van der Waals surface area contributed by atoms with Gasteiger partial charge in [0.05, 0.1) is 17.5 Å². The Morgan fingerprint density at radius 3 is 2.58 bits per heavy atom. The van der Waals surface area contributed by atoms with Gasteiger partial charge in [-0.3, -0.25) is 4.68 Å². The highest BCUT2D eigenvalue weighted by molar-refractivity contribution is 7.89. The summed E-state index contributed by atoms with van der Waals surface area (Å²) in [6.45, 7) is 9.84. The maximum absolute atomic E-state index is 13.4. The molecular formula is C16H25N5O4S. The van der Waals surface area contributed by atoms with Crippen molar-refractivity contribution >= 4 is 10.0 Å². The maximum Gasteiger partial charge on any atom is 0.247 e. The van der Waals surface area contributed by atoms with E-state index in [0.717, 1.165) is 0 Å². The number of aromatic nitrogens is 4. The summed E-state index contributed by atoms with van der Waals surface area (Å²) in [5, 5.41) is 18.2. The van der Waals surface area contributed by atoms with Gasteiger partial charge >= 0.3 is 0 Å². The zero-order valence-corrected chi connectivity index (χ0v) is 16.5. The Labute approximate surface area is 153 Å². The van der Waals surface area contributed by atoms with Crippen molar-refractivity contribution in [3.8, 4) is 0 Å². The highest BCUT2D eigenvalue weighted by Crippen LogP contribution is 2.37. The van der Waals surface area contributed by atoms with E-state index in [1.807, 2.05) is 0 Å². The van der Waals surface area contributed by atoms with Crippen LogP contribution in [-0.2, 0) is 16.6 Å². The highest BCUT2D eigenvalue weighted by Gasteiger charge is 2.45. The summed E-state index contributed by atoms with van der Waals surface area (Å²) in [5.74, 6) is 0.967. The van der Waals surface area contributed by atoms with Crippen molar-refractivity contribution in [1.82, 2.24) is 24.2 Å². The summed E-state index contributed by atoms with van der Waals surface area (Å²) in [6.07, 6.45) is -0.563. The van der Waals surface area contributed by atoms with Crippen molar-refractivity contribution in [3.63, 3.8) is 0 Å². The van der Waals surface area contributed by atoms with Gasteiger partial charge in [0.2, 0.25) is 15.9 Å². The number of hydrogen-bond acceptors (Lipinski definition) is 7. The van der Waals surface area contributed by atoms with Gasteiger partial charge in [0.15, 0.2) is 5.82 Å². The van der Waals surface area contributed by atoms with Gasteiger partial charge in [0.1, 0.15) is 10.9 Å². The number of β-amino-alcohol motifs (C(OH)–C–C–N with tert-alkyl or cyclic N) is 1. The molecule has 3 rings (SSSR count). The van der Waals surface area contributed by atoms with Crippen LogP contribution in [0.3, 0.4) is 0 Å². The van der Waals surface area contributed by atoms with Crippen molar-refractivity contribution in [2.75, 3.05) is 6.54 Å². The molecule has 10 heteroatoms. The van der Waals surface area contributed by atoms with Crippen LogP contribution in [-0.4, -0.2) is 50.4 Å². The van der Waals surface area contributed by atoms with Crippen LogP contribution < -0.4 is 0 Å². The van der Waals surface area contributed by atoms with E-state index in [9.17, 15) is 13.5 Å². The lowest BCUT2D eigenvalue weighted by Crippen LogP contribution is -2.32. The summed E-state index contributed by atoms with van der Waals surface area (Å²) < 4.78 is 34.9. The van der Waals surface area contributed by atoms with Gasteiger partial charge in [-0.05, 0) is 26.7 Å². The number of sulfonamides is 1. The van der Waals surface area contributed by atoms with Crippen LogP contribution >= 0.6 is 0 Å². The smallest absolute Gasteiger partial charge is 0.247 e. The van der Waals surface area contributed by atoms with Gasteiger partial charge < -0.3 is 9.63 Å². The van der Waals surface area contributed by atoms with Crippen molar-refractivity contribution in [2.45, 2.75) is 64.6 Å². The van der Waals surface area contributed by atoms with Crippen LogP contribution in [0.5, 0.6) is 0 Å². The summed E-state index contributed by atoms with van der Waals surface area (Å²) in [5.41, 5.74) is 1.04. The number of nitrogens with zero attached hydrogens (tertiary/aromatic N) is 5. The second-order valence-electron chi connectivity index (χ2n) is 7.24. The molecule has 1 N–H and O–H groups in total. The van der Waals surface area contributed by atoms with E-state index < -0.39 is 22.2 Å². The molecule has 1 fully saturated rings. The molecule has 0 aromatic carbocycles. The first-order chi connectivity index (χ1) is 12.1. The lowest BCUT2D eigenvalue weighted by Gasteiger charge is -2.21. The van der Waals surface area contributed by atoms with E-state index in [0.29, 0.717) is 29.7 Å². The van der Waals surface area contributed by atoms with Gasteiger partial charge in [-0.25, -0.2) is 8.42 Å². The van der Waals surface area contributed by atoms with Crippen molar-refractivity contribution in [3.05, 3.63) is 23.1 Å². The number of aryl methyl sites for hydroxylation is 2. The standard InChI is InChI=1S/C16H25N5O4S/c1-9(2)7-20-11(4)15(10(3)18-20)26(23,24)21-8-13(22)6-14(21)16-17-12(5)19-25-16/h9,13-14,22H,6-8H2,1-5H3/t13-,14+/m0/s1. The molecule has 1 saturated heterocycles. The maximum atomic E-state index is 13.4. The van der Waals surface area contributed by atoms with E-state index in [1.165, 1.54) is 4.31 Å². The SMILES string of the molecule is Cc1noc([C@H]2C[C@H](O)CN2S(=O)(=O)c2c(C)nn(CC(C)C)c2C)n1. The minimum Gasteiger partial charge on any atom is -0.392 e. The van der Waals surface area contributed by atoms with Gasteiger partial charge in [0.25, 0.3) is 0 Å². The predicted octanol–water partition coefficient (Wildman–Crippen LogP) is 1.34. The minimum absolute atomic E-state index is 0.0112. The lowest BCUT2D eigenvalue weighted by molar-refractivity contribution is 0.188. The van der Waals surface area contributed by atoms with Gasteiger partial charge in [-0.1, -0.05) is 19.0 Å². The summed E-state index contributed by atoms with van der Waals surface area (Å²) in [4.78, 5) is 4.35. The molecule has 0 unspecified atom stereocenters. The zero-order chi connectivity index (χ0) is 19.2. The molecule has 9 nitrogen and oxygen atoms in total. The van der Waals surface area contributed by atoms with Crippen LogP contribution in [0.15, 0.2) is 9.42 Å². The van der Waals surface area contributed by atoms with Crippen LogP contribution in [0.25, 0.3) is 0 Å². The third-order valence-corrected chi connectivity index (χ3v) is 6.61. The molecule has 2 aromatic heterocycles. The van der Waals surface area contributed by atoms with Crippen LogP contribution in [0.1, 0.15) is 49.4 Å². The molecule has 0 bridgehead atoms. The van der Waals surface area contributed by atoms with E-state index in [1.54, 1.807) is 25.5 Å². The Morgan fingerprint density at radius 2 is 2.00 bits per heavy atom. The molecule has 0 saturated carbocycles. The first-order valence-corrected chi connectivity index (χ1v) is 10.1. The summed E-state index contributed by atoms with van der Waals surface area (Å²) >= 11 is 0. The van der Waals surface area contributed by atoms with E-state index in [2.05, 4.69) is 29.1 Å². The second-order valence-corrected chi connectivity index (χ2v) is 9.06. The molecule has 1 aliphatic rings. The monoisotopic (exact) mass is 383 g/mol. The van der Waals surface area contributed by atoms with Crippen molar-refractivity contribution in [2.24, 2.45) is 5.92 Å². The third-order valence-electron chi connectivity index (χ3n) is 4.48. The van der Waals surface area contributed by atoms with E-state index in [-0.39, 0.29) is 23.8 Å². The fourth-order valence-corrected chi connectivity index (χ4v) is 5.42. The molecule has 3 heterocycles. The van der Waals surface area contributed by atoms with E-state index in [4.69, 9.17) is 4.52 Å². The normalized spacial score (nSPS) is 21.8. The third kappa shape index (κ3) is 3.28. The first kappa shape index (κ1) is 19.0. The number of hydrogen-bond donors (Lipinski definition) is 1.